The van der Waals surface area contributed by atoms with Crippen LogP contribution in [0.4, 0.5) is 5.69 Å². The second-order valence-corrected chi connectivity index (χ2v) is 4.02. The Morgan fingerprint density at radius 1 is 1.53 bits per heavy atom. The standard InChI is InChI=1S/C12H15NO2/c1-8-6-9-4-3-5-10(12(14)15-2)11(9)13-7-8/h3-5,8,13H,6-7H2,1-2H3. The molecule has 0 aromatic heterocycles. The largest absolute Gasteiger partial charge is 0.465 e. The molecule has 0 spiro atoms. The van der Waals surface area contributed by atoms with Gasteiger partial charge in [0.05, 0.1) is 18.4 Å². The van der Waals surface area contributed by atoms with Crippen LogP contribution >= 0.6 is 0 Å². The summed E-state index contributed by atoms with van der Waals surface area (Å²) in [5, 5.41) is 3.30. The van der Waals surface area contributed by atoms with Crippen molar-refractivity contribution in [3.8, 4) is 0 Å². The summed E-state index contributed by atoms with van der Waals surface area (Å²) in [5.41, 5.74) is 2.79. The minimum atomic E-state index is -0.270. The molecule has 1 aliphatic heterocycles. The van der Waals surface area contributed by atoms with Gasteiger partial charge in [-0.3, -0.25) is 0 Å². The SMILES string of the molecule is COC(=O)c1cccc2c1NCC(C)C2. The number of benzene rings is 1. The fourth-order valence-electron chi connectivity index (χ4n) is 1.98. The highest BCUT2D eigenvalue weighted by Crippen LogP contribution is 2.28. The maximum atomic E-state index is 11.5. The third kappa shape index (κ3) is 1.82. The summed E-state index contributed by atoms with van der Waals surface area (Å²) in [6.07, 6.45) is 1.02. The molecule has 1 aromatic rings. The maximum Gasteiger partial charge on any atom is 0.339 e. The summed E-state index contributed by atoms with van der Waals surface area (Å²) in [5.74, 6) is 0.347. The van der Waals surface area contributed by atoms with Gasteiger partial charge in [-0.2, -0.15) is 0 Å². The molecular weight excluding hydrogens is 190 g/mol. The average molecular weight is 205 g/mol. The number of carbonyl (C=O) groups excluding carboxylic acids is 1. The van der Waals surface area contributed by atoms with E-state index in [2.05, 4.69) is 18.3 Å². The molecule has 0 amide bonds. The third-order valence-electron chi connectivity index (χ3n) is 2.75. The fraction of sp³-hybridized carbons (Fsp3) is 0.417. The number of esters is 1. The van der Waals surface area contributed by atoms with Gasteiger partial charge in [-0.05, 0) is 24.0 Å². The van der Waals surface area contributed by atoms with Crippen molar-refractivity contribution >= 4 is 11.7 Å². The van der Waals surface area contributed by atoms with Crippen LogP contribution < -0.4 is 5.32 Å². The van der Waals surface area contributed by atoms with Crippen LogP contribution in [0.25, 0.3) is 0 Å². The molecular formula is C12H15NO2. The van der Waals surface area contributed by atoms with Crippen molar-refractivity contribution in [3.05, 3.63) is 29.3 Å². The summed E-state index contributed by atoms with van der Waals surface area (Å²) in [7, 11) is 1.41. The monoisotopic (exact) mass is 205 g/mol. The zero-order chi connectivity index (χ0) is 10.8. The molecule has 1 unspecified atom stereocenters. The number of rotatable bonds is 1. The summed E-state index contributed by atoms with van der Waals surface area (Å²) in [6.45, 7) is 3.11. The molecule has 0 saturated carbocycles. The molecule has 1 aromatic carbocycles. The quantitative estimate of drug-likeness (QED) is 0.713. The minimum absolute atomic E-state index is 0.270. The first-order chi connectivity index (χ1) is 7.22. The number of hydrogen-bond acceptors (Lipinski definition) is 3. The van der Waals surface area contributed by atoms with Crippen molar-refractivity contribution in [1.29, 1.82) is 0 Å². The van der Waals surface area contributed by atoms with E-state index < -0.39 is 0 Å². The van der Waals surface area contributed by atoms with Crippen molar-refractivity contribution in [3.63, 3.8) is 0 Å². The Balaban J connectivity index is 2.42. The number of methoxy groups -OCH3 is 1. The number of ether oxygens (including phenoxy) is 1. The van der Waals surface area contributed by atoms with Crippen LogP contribution in [-0.2, 0) is 11.2 Å². The van der Waals surface area contributed by atoms with Crippen LogP contribution in [0.15, 0.2) is 18.2 Å². The van der Waals surface area contributed by atoms with Gasteiger partial charge in [0.1, 0.15) is 0 Å². The van der Waals surface area contributed by atoms with E-state index in [0.717, 1.165) is 18.7 Å². The van der Waals surface area contributed by atoms with Crippen LogP contribution in [0.1, 0.15) is 22.8 Å². The van der Waals surface area contributed by atoms with E-state index in [1.165, 1.54) is 12.7 Å². The van der Waals surface area contributed by atoms with E-state index in [1.807, 2.05) is 6.07 Å². The molecule has 0 fully saturated rings. The molecule has 1 N–H and O–H groups in total. The van der Waals surface area contributed by atoms with Gasteiger partial charge in [-0.25, -0.2) is 4.79 Å². The molecule has 80 valence electrons. The highest BCUT2D eigenvalue weighted by molar-refractivity contribution is 5.96. The number of para-hydroxylation sites is 1. The van der Waals surface area contributed by atoms with Gasteiger partial charge in [0.15, 0.2) is 0 Å². The zero-order valence-electron chi connectivity index (χ0n) is 9.04. The molecule has 15 heavy (non-hydrogen) atoms. The van der Waals surface area contributed by atoms with E-state index in [1.54, 1.807) is 6.07 Å². The van der Waals surface area contributed by atoms with Crippen LogP contribution in [-0.4, -0.2) is 19.6 Å². The van der Waals surface area contributed by atoms with E-state index in [9.17, 15) is 4.79 Å². The van der Waals surface area contributed by atoms with Crippen molar-refractivity contribution in [2.75, 3.05) is 19.0 Å². The van der Waals surface area contributed by atoms with Gasteiger partial charge in [0, 0.05) is 6.54 Å². The van der Waals surface area contributed by atoms with E-state index in [0.29, 0.717) is 11.5 Å². The van der Waals surface area contributed by atoms with E-state index in [4.69, 9.17) is 4.74 Å². The Kier molecular flexibility index (Phi) is 2.62. The molecule has 3 heteroatoms. The smallest absolute Gasteiger partial charge is 0.339 e. The predicted molar refractivity (Wildman–Crippen MR) is 59.1 cm³/mol. The van der Waals surface area contributed by atoms with Gasteiger partial charge in [-0.1, -0.05) is 19.1 Å². The lowest BCUT2D eigenvalue weighted by atomic mass is 9.93. The van der Waals surface area contributed by atoms with Gasteiger partial charge < -0.3 is 10.1 Å². The molecule has 1 atom stereocenters. The number of hydrogen-bond donors (Lipinski definition) is 1. The highest BCUT2D eigenvalue weighted by Gasteiger charge is 2.20. The summed E-state index contributed by atoms with van der Waals surface area (Å²) >= 11 is 0. The Hall–Kier alpha value is -1.51. The molecule has 0 radical (unpaired) electrons. The fourth-order valence-corrected chi connectivity index (χ4v) is 1.98. The average Bonchev–Trinajstić information content (AvgIpc) is 2.26. The predicted octanol–water partition coefficient (Wildman–Crippen LogP) is 2.08. The number of anilines is 1. The molecule has 0 aliphatic carbocycles. The second-order valence-electron chi connectivity index (χ2n) is 4.02. The Morgan fingerprint density at radius 2 is 2.33 bits per heavy atom. The summed E-state index contributed by atoms with van der Waals surface area (Å²) < 4.78 is 4.75. The Morgan fingerprint density at radius 3 is 3.07 bits per heavy atom. The van der Waals surface area contributed by atoms with E-state index in [-0.39, 0.29) is 5.97 Å². The van der Waals surface area contributed by atoms with Gasteiger partial charge in [0.25, 0.3) is 0 Å². The van der Waals surface area contributed by atoms with Gasteiger partial charge in [-0.15, -0.1) is 0 Å². The van der Waals surface area contributed by atoms with Gasteiger partial charge >= 0.3 is 5.97 Å². The Labute approximate surface area is 89.4 Å². The minimum Gasteiger partial charge on any atom is -0.465 e. The van der Waals surface area contributed by atoms with Crippen LogP contribution in [0.5, 0.6) is 0 Å². The molecule has 1 aliphatic rings. The van der Waals surface area contributed by atoms with E-state index >= 15 is 0 Å². The number of nitrogens with one attached hydrogen (secondary N) is 1. The first kappa shape index (κ1) is 10.0. The molecule has 3 nitrogen and oxygen atoms in total. The van der Waals surface area contributed by atoms with Gasteiger partial charge in [0.2, 0.25) is 0 Å². The summed E-state index contributed by atoms with van der Waals surface area (Å²) in [4.78, 5) is 11.5. The number of carbonyl (C=O) groups is 1. The van der Waals surface area contributed by atoms with Crippen LogP contribution in [0.2, 0.25) is 0 Å². The highest BCUT2D eigenvalue weighted by atomic mass is 16.5. The lowest BCUT2D eigenvalue weighted by molar-refractivity contribution is 0.0601. The molecule has 1 heterocycles. The van der Waals surface area contributed by atoms with Crippen LogP contribution in [0.3, 0.4) is 0 Å². The number of fused-ring (bicyclic) bond motifs is 1. The summed E-state index contributed by atoms with van der Waals surface area (Å²) in [6, 6.07) is 5.77. The first-order valence-electron chi connectivity index (χ1n) is 5.16. The van der Waals surface area contributed by atoms with Crippen molar-refractivity contribution < 1.29 is 9.53 Å². The van der Waals surface area contributed by atoms with Crippen molar-refractivity contribution in [1.82, 2.24) is 0 Å². The third-order valence-corrected chi connectivity index (χ3v) is 2.75. The van der Waals surface area contributed by atoms with Crippen molar-refractivity contribution in [2.24, 2.45) is 5.92 Å². The normalized spacial score (nSPS) is 18.9. The maximum absolute atomic E-state index is 11.5. The molecule has 0 bridgehead atoms. The lowest BCUT2D eigenvalue weighted by Gasteiger charge is -2.24. The molecule has 0 saturated heterocycles. The second kappa shape index (κ2) is 3.93. The first-order valence-corrected chi connectivity index (χ1v) is 5.16. The Bertz CT molecular complexity index is 387. The molecule has 2 rings (SSSR count). The van der Waals surface area contributed by atoms with Crippen LogP contribution in [0, 0.1) is 5.92 Å². The van der Waals surface area contributed by atoms with Crippen molar-refractivity contribution in [2.45, 2.75) is 13.3 Å². The topological polar surface area (TPSA) is 38.3 Å². The zero-order valence-corrected chi connectivity index (χ0v) is 9.04. The lowest BCUT2D eigenvalue weighted by Crippen LogP contribution is -2.22.